The zero-order valence-corrected chi connectivity index (χ0v) is 18.4. The molecule has 1 nitrogen and oxygen atoms in total. The fourth-order valence-corrected chi connectivity index (χ4v) is 5.39. The predicted molar refractivity (Wildman–Crippen MR) is 102 cm³/mol. The van der Waals surface area contributed by atoms with Gasteiger partial charge < -0.3 is 0 Å². The summed E-state index contributed by atoms with van der Waals surface area (Å²) >= 11 is -0.00102. The van der Waals surface area contributed by atoms with Crippen molar-refractivity contribution in [3.05, 3.63) is 46.1 Å². The van der Waals surface area contributed by atoms with E-state index in [4.69, 9.17) is 4.43 Å². The van der Waals surface area contributed by atoms with Crippen LogP contribution < -0.4 is 0 Å². The van der Waals surface area contributed by atoms with Crippen molar-refractivity contribution >= 4 is 29.2 Å². The molecule has 0 radical (unpaired) electrons. The van der Waals surface area contributed by atoms with Crippen molar-refractivity contribution in [1.29, 1.82) is 0 Å². The number of hydrogen-bond donors (Lipinski definition) is 0. The van der Waals surface area contributed by atoms with Gasteiger partial charge in [-0.3, -0.25) is 0 Å². The number of benzene rings is 1. The van der Waals surface area contributed by atoms with Crippen LogP contribution in [0.4, 0.5) is 0 Å². The second kappa shape index (κ2) is 9.28. The Bertz CT molecular complexity index is 448. The van der Waals surface area contributed by atoms with Crippen molar-refractivity contribution in [1.82, 2.24) is 0 Å². The van der Waals surface area contributed by atoms with Crippen LogP contribution in [0.2, 0.25) is 22.6 Å². The normalized spacial score (nSPS) is 14.5. The topological polar surface area (TPSA) is 9.23 Å². The predicted octanol–water partition coefficient (Wildman–Crippen LogP) is 6.19. The van der Waals surface area contributed by atoms with Crippen LogP contribution in [0, 0.1) is 0 Å². The van der Waals surface area contributed by atoms with Crippen molar-refractivity contribution in [2.24, 2.45) is 0 Å². The molecule has 124 valence electrons. The van der Waals surface area contributed by atoms with E-state index in [0.717, 1.165) is 0 Å². The standard InChI is InChI=1S/C19H32OSiTe/c1-7-8-15-22-16-14-18(17-12-10-9-11-13-17)20-21(5,6)19(2,3)4/h9-14,16,18H,7-8,15H2,1-6H3/b16-14-/t18-/m0/s1. The molecule has 0 heterocycles. The van der Waals surface area contributed by atoms with Crippen LogP contribution in [0.5, 0.6) is 0 Å². The Morgan fingerprint density at radius 1 is 1.18 bits per heavy atom. The van der Waals surface area contributed by atoms with E-state index in [1.54, 1.807) is 0 Å². The van der Waals surface area contributed by atoms with E-state index in [2.05, 4.69) is 81.3 Å². The Hall–Kier alpha value is -0.0735. The van der Waals surface area contributed by atoms with Gasteiger partial charge in [0, 0.05) is 0 Å². The van der Waals surface area contributed by atoms with Crippen molar-refractivity contribution in [3.63, 3.8) is 0 Å². The molecule has 0 aliphatic carbocycles. The fourth-order valence-electron chi connectivity index (χ4n) is 1.78. The quantitative estimate of drug-likeness (QED) is 0.352. The molecule has 0 amide bonds. The second-order valence-corrected chi connectivity index (χ2v) is 14.9. The molecule has 1 aromatic rings. The first-order valence-corrected chi connectivity index (χ1v) is 14.2. The van der Waals surface area contributed by atoms with Crippen molar-refractivity contribution in [3.8, 4) is 0 Å². The van der Waals surface area contributed by atoms with Crippen LogP contribution in [-0.2, 0) is 4.43 Å². The molecular formula is C19H32OSiTe. The van der Waals surface area contributed by atoms with Gasteiger partial charge in [0.2, 0.25) is 0 Å². The van der Waals surface area contributed by atoms with Gasteiger partial charge >= 0.3 is 149 Å². The second-order valence-electron chi connectivity index (χ2n) is 7.26. The Morgan fingerprint density at radius 3 is 2.36 bits per heavy atom. The summed E-state index contributed by atoms with van der Waals surface area (Å²) in [6, 6.07) is 10.7. The first-order chi connectivity index (χ1) is 10.3. The Morgan fingerprint density at radius 2 is 1.82 bits per heavy atom. The maximum absolute atomic E-state index is 6.67. The van der Waals surface area contributed by atoms with Crippen LogP contribution >= 0.6 is 0 Å². The zero-order valence-electron chi connectivity index (χ0n) is 15.1. The van der Waals surface area contributed by atoms with E-state index in [1.165, 1.54) is 22.9 Å². The van der Waals surface area contributed by atoms with Gasteiger partial charge in [-0.15, -0.1) is 0 Å². The monoisotopic (exact) mass is 434 g/mol. The van der Waals surface area contributed by atoms with E-state index < -0.39 is 8.32 Å². The molecule has 0 aliphatic heterocycles. The summed E-state index contributed by atoms with van der Waals surface area (Å²) < 4.78 is 10.5. The molecule has 0 aromatic heterocycles. The summed E-state index contributed by atoms with van der Waals surface area (Å²) in [4.78, 5) is 0. The third-order valence-corrected chi connectivity index (χ3v) is 11.3. The molecule has 0 aliphatic rings. The summed E-state index contributed by atoms with van der Waals surface area (Å²) in [5, 5.41) is 0.243. The molecule has 22 heavy (non-hydrogen) atoms. The summed E-state index contributed by atoms with van der Waals surface area (Å²) in [5.74, 6) is 0. The molecule has 1 rings (SSSR count). The Labute approximate surface area is 148 Å². The molecular weight excluding hydrogens is 400 g/mol. The van der Waals surface area contributed by atoms with Crippen molar-refractivity contribution < 1.29 is 4.43 Å². The van der Waals surface area contributed by atoms with Crippen molar-refractivity contribution in [2.45, 2.75) is 69.2 Å². The van der Waals surface area contributed by atoms with E-state index in [0.29, 0.717) is 0 Å². The number of unbranched alkanes of at least 4 members (excludes halogenated alkanes) is 1. The molecule has 3 heteroatoms. The fraction of sp³-hybridized carbons (Fsp3) is 0.579. The first kappa shape index (κ1) is 20.0. The van der Waals surface area contributed by atoms with Gasteiger partial charge in [-0.05, 0) is 0 Å². The van der Waals surface area contributed by atoms with Crippen molar-refractivity contribution in [2.75, 3.05) is 0 Å². The summed E-state index contributed by atoms with van der Waals surface area (Å²) in [6.45, 7) is 13.9. The van der Waals surface area contributed by atoms with Crippen LogP contribution in [0.15, 0.2) is 40.5 Å². The van der Waals surface area contributed by atoms with E-state index >= 15 is 0 Å². The third-order valence-electron chi connectivity index (χ3n) is 4.32. The van der Waals surface area contributed by atoms with Gasteiger partial charge in [-0.25, -0.2) is 0 Å². The van der Waals surface area contributed by atoms with Gasteiger partial charge in [0.25, 0.3) is 0 Å². The average Bonchev–Trinajstić information content (AvgIpc) is 2.45. The summed E-state index contributed by atoms with van der Waals surface area (Å²) in [6.07, 6.45) is 5.12. The first-order valence-electron chi connectivity index (χ1n) is 8.29. The maximum atomic E-state index is 6.67. The Balaban J connectivity index is 2.84. The summed E-state index contributed by atoms with van der Waals surface area (Å²) in [7, 11) is -1.76. The van der Waals surface area contributed by atoms with Crippen LogP contribution in [0.3, 0.4) is 0 Å². The van der Waals surface area contributed by atoms with Gasteiger partial charge in [0.15, 0.2) is 0 Å². The third kappa shape index (κ3) is 6.58. The average molecular weight is 432 g/mol. The number of hydrogen-bond acceptors (Lipinski definition) is 1. The van der Waals surface area contributed by atoms with Crippen LogP contribution in [-0.4, -0.2) is 29.2 Å². The van der Waals surface area contributed by atoms with E-state index in [-0.39, 0.29) is 32.1 Å². The minimum atomic E-state index is -1.76. The van der Waals surface area contributed by atoms with E-state index in [9.17, 15) is 0 Å². The van der Waals surface area contributed by atoms with Crippen LogP contribution in [0.25, 0.3) is 0 Å². The molecule has 0 spiro atoms. The molecule has 0 saturated carbocycles. The SMILES string of the molecule is CCCC[Te]/C=C\[C@H](O[Si](C)(C)C(C)(C)C)c1ccccc1. The molecule has 0 saturated heterocycles. The molecule has 0 bridgehead atoms. The van der Waals surface area contributed by atoms with Gasteiger partial charge in [0.1, 0.15) is 0 Å². The Kier molecular flexibility index (Phi) is 8.42. The molecule has 0 fully saturated rings. The zero-order chi connectivity index (χ0) is 16.6. The van der Waals surface area contributed by atoms with Gasteiger partial charge in [-0.2, -0.15) is 0 Å². The summed E-state index contributed by atoms with van der Waals surface area (Å²) in [5.41, 5.74) is 1.28. The molecule has 0 unspecified atom stereocenters. The van der Waals surface area contributed by atoms with E-state index in [1.807, 2.05) is 0 Å². The number of rotatable bonds is 8. The van der Waals surface area contributed by atoms with Gasteiger partial charge in [-0.1, -0.05) is 0 Å². The molecule has 1 atom stereocenters. The van der Waals surface area contributed by atoms with Crippen LogP contribution in [0.1, 0.15) is 52.2 Å². The minimum absolute atomic E-state index is 0.00102. The molecule has 0 N–H and O–H groups in total. The van der Waals surface area contributed by atoms with Gasteiger partial charge in [0.05, 0.1) is 0 Å². The molecule has 1 aromatic carbocycles.